The SMILES string of the molecule is CN1C(=N)C(F)=CNC1O.COc1ccc(S(=O)(=O)Cl)cc1.COc1ccc(S(=O)(=O)N2C=C(F)C(=N)N(C)C2O)cc1.COc1ccc(S(=O)(=O)n2cc(F)c(N)nc2=O)cc1.Nc1[nH]c(=O)ncc1F. The smallest absolute Gasteiger partial charge is 0.363 e. The third-order valence-corrected chi connectivity index (χ3v) is 13.7. The zero-order valence-corrected chi connectivity index (χ0v) is 40.9. The molecule has 33 heteroatoms. The van der Waals surface area contributed by atoms with E-state index < -0.39 is 88.1 Å². The van der Waals surface area contributed by atoms with Gasteiger partial charge in [-0.15, -0.1) is 0 Å². The number of ether oxygens (including phenoxy) is 3. The molecular formula is C39H43ClF4N12O13S3. The summed E-state index contributed by atoms with van der Waals surface area (Å²) >= 11 is 0. The standard InChI is InChI=1S/C12H14FN3O4S.C11H10FN3O4S.C7H7ClO3S.C5H8FN3O.C4H4FN3O/c1-15-11(14)10(13)7-16(12(15)17)21(18,19)9-5-3-8(20-2)4-6-9;1-19-7-2-4-8(5-3-7)20(17,18)15-6-9(12)10(13)14-11(15)16;1-11-6-2-4-7(5-3-6)12(8,9)10;1-9-4(7)3(6)2-8-5(9)10;5-2-1-7-4(9)8-3(2)6/h3-7,12,14,17H,1-2H3;2-6H,1H3,(H2,13,14,16);2-5H,1H3;2,5,7-8,10H,1H3;1H,(H3,6,7,8,9). The minimum absolute atomic E-state index is 0.0740. The number of nitrogens with zero attached hydrogens (tertiary/aromatic N) is 6. The molecule has 4 heterocycles. The number of rotatable bonds is 8. The molecule has 0 saturated carbocycles. The Morgan fingerprint density at radius 2 is 1.14 bits per heavy atom. The highest BCUT2D eigenvalue weighted by atomic mass is 35.7. The fourth-order valence-electron chi connectivity index (χ4n) is 4.97. The van der Waals surface area contributed by atoms with Gasteiger partial charge < -0.3 is 51.0 Å². The molecule has 2 atom stereocenters. The summed E-state index contributed by atoms with van der Waals surface area (Å²) < 4.78 is 137. The van der Waals surface area contributed by atoms with Gasteiger partial charge in [0.1, 0.15) is 23.1 Å². The summed E-state index contributed by atoms with van der Waals surface area (Å²) in [7, 11) is 0.0893. The number of methoxy groups -OCH3 is 3. The molecule has 2 aliphatic rings. The minimum Gasteiger partial charge on any atom is -0.497 e. The molecule has 25 nitrogen and oxygen atoms in total. The van der Waals surface area contributed by atoms with Gasteiger partial charge in [0.15, 0.2) is 40.8 Å². The number of aromatic amines is 1. The Kier molecular flexibility index (Phi) is 20.2. The Morgan fingerprint density at radius 1 is 0.694 bits per heavy atom. The molecule has 0 amide bonds. The van der Waals surface area contributed by atoms with Crippen molar-refractivity contribution < 1.29 is 67.2 Å². The normalized spacial score (nSPS) is 15.5. The molecule has 0 aliphatic carbocycles. The highest BCUT2D eigenvalue weighted by Gasteiger charge is 2.37. The molecule has 5 aromatic rings. The van der Waals surface area contributed by atoms with Crippen LogP contribution in [0.1, 0.15) is 0 Å². The van der Waals surface area contributed by atoms with Gasteiger partial charge in [0, 0.05) is 31.0 Å². The molecule has 0 fully saturated rings. The average molecular weight is 1100 g/mol. The first-order chi connectivity index (χ1) is 33.5. The lowest BCUT2D eigenvalue weighted by atomic mass is 10.3. The number of benzene rings is 3. The largest absolute Gasteiger partial charge is 0.497 e. The van der Waals surface area contributed by atoms with Crippen molar-refractivity contribution in [2.75, 3.05) is 46.9 Å². The van der Waals surface area contributed by atoms with Gasteiger partial charge >= 0.3 is 11.4 Å². The van der Waals surface area contributed by atoms with Crippen molar-refractivity contribution in [1.29, 1.82) is 10.8 Å². The van der Waals surface area contributed by atoms with Crippen LogP contribution in [0.2, 0.25) is 0 Å². The molecule has 0 bridgehead atoms. The average Bonchev–Trinajstić information content (AvgIpc) is 3.35. The van der Waals surface area contributed by atoms with Crippen LogP contribution in [-0.4, -0.2) is 128 Å². The molecule has 10 N–H and O–H groups in total. The number of hydrogen-bond donors (Lipinski definition) is 8. The van der Waals surface area contributed by atoms with Gasteiger partial charge in [-0.05, 0) is 72.8 Å². The number of aliphatic hydroxyl groups excluding tert-OH is 2. The van der Waals surface area contributed by atoms with Crippen molar-refractivity contribution in [1.82, 2.24) is 38.3 Å². The number of aliphatic hydroxyl groups is 2. The zero-order chi connectivity index (χ0) is 54.5. The van der Waals surface area contributed by atoms with Crippen LogP contribution in [0.15, 0.2) is 134 Å². The molecule has 72 heavy (non-hydrogen) atoms. The zero-order valence-electron chi connectivity index (χ0n) is 37.7. The maximum absolute atomic E-state index is 13.6. The number of nitrogen functional groups attached to an aromatic ring is 2. The van der Waals surface area contributed by atoms with Crippen molar-refractivity contribution >= 4 is 63.1 Å². The van der Waals surface area contributed by atoms with E-state index in [0.29, 0.717) is 34.0 Å². The Bertz CT molecular complexity index is 3270. The third-order valence-electron chi connectivity index (χ3n) is 8.96. The Labute approximate surface area is 411 Å². The number of hydrogen-bond acceptors (Lipinski definition) is 20. The first kappa shape index (κ1) is 58.5. The first-order valence-electron chi connectivity index (χ1n) is 19.2. The molecule has 0 spiro atoms. The van der Waals surface area contributed by atoms with Crippen molar-refractivity contribution in [3.63, 3.8) is 0 Å². The topological polar surface area (TPSA) is 373 Å². The van der Waals surface area contributed by atoms with E-state index in [1.165, 1.54) is 108 Å². The predicted octanol–water partition coefficient (Wildman–Crippen LogP) is 1.60. The quantitative estimate of drug-likeness (QED) is 0.0808. The van der Waals surface area contributed by atoms with Crippen molar-refractivity contribution in [2.45, 2.75) is 27.4 Å². The maximum atomic E-state index is 13.6. The second kappa shape index (κ2) is 24.9. The van der Waals surface area contributed by atoms with Crippen LogP contribution in [0, 0.1) is 22.5 Å². The van der Waals surface area contributed by atoms with Crippen LogP contribution in [0.25, 0.3) is 0 Å². The van der Waals surface area contributed by atoms with Gasteiger partial charge in [0.2, 0.25) is 12.7 Å². The van der Waals surface area contributed by atoms with Crippen molar-refractivity contribution in [2.24, 2.45) is 0 Å². The lowest BCUT2D eigenvalue weighted by molar-refractivity contribution is -0.0103. The fraction of sp³-hybridized carbons (Fsp3) is 0.179. The van der Waals surface area contributed by atoms with E-state index in [9.17, 15) is 57.5 Å². The number of nitrogens with two attached hydrogens (primary N) is 2. The molecule has 0 saturated heterocycles. The summed E-state index contributed by atoms with van der Waals surface area (Å²) in [5.74, 6) is -3.88. The van der Waals surface area contributed by atoms with Gasteiger partial charge in [-0.1, -0.05) is 0 Å². The molecule has 3 aromatic carbocycles. The summed E-state index contributed by atoms with van der Waals surface area (Å²) in [6, 6.07) is 16.6. The molecular weight excluding hydrogens is 1050 g/mol. The number of H-pyrrole nitrogens is 1. The van der Waals surface area contributed by atoms with E-state index in [4.69, 9.17) is 52.3 Å². The number of sulfonamides is 1. The van der Waals surface area contributed by atoms with Crippen LogP contribution < -0.4 is 42.4 Å². The van der Waals surface area contributed by atoms with E-state index in [2.05, 4.69) is 15.3 Å². The van der Waals surface area contributed by atoms with Gasteiger partial charge in [0.25, 0.3) is 29.1 Å². The fourth-order valence-corrected chi connectivity index (χ4v) is 8.27. The summed E-state index contributed by atoms with van der Waals surface area (Å²) in [6.45, 7) is 0. The number of nitrogens with one attached hydrogen (secondary N) is 4. The number of halogens is 5. The van der Waals surface area contributed by atoms with E-state index in [1.807, 2.05) is 4.98 Å². The highest BCUT2D eigenvalue weighted by Crippen LogP contribution is 2.26. The third kappa shape index (κ3) is 15.1. The monoisotopic (exact) mass is 1090 g/mol. The minimum atomic E-state index is -4.24. The summed E-state index contributed by atoms with van der Waals surface area (Å²) in [5, 5.41) is 35.5. The summed E-state index contributed by atoms with van der Waals surface area (Å²) in [4.78, 5) is 31.5. The Hall–Kier alpha value is -7.78. The Balaban J connectivity index is 0.000000248. The summed E-state index contributed by atoms with van der Waals surface area (Å²) in [6.07, 6.45) is 0.133. The van der Waals surface area contributed by atoms with Crippen LogP contribution in [0.4, 0.5) is 29.2 Å². The first-order valence-corrected chi connectivity index (χ1v) is 24.4. The van der Waals surface area contributed by atoms with Crippen molar-refractivity contribution in [3.8, 4) is 17.2 Å². The number of likely N-dealkylation sites (N-methyl/N-ethyl adjacent to an activating group) is 2. The molecule has 2 unspecified atom stereocenters. The lowest BCUT2D eigenvalue weighted by Gasteiger charge is -2.36. The van der Waals surface area contributed by atoms with Gasteiger partial charge in [-0.2, -0.15) is 13.9 Å². The van der Waals surface area contributed by atoms with E-state index in [0.717, 1.165) is 22.2 Å². The molecule has 390 valence electrons. The molecule has 0 radical (unpaired) electrons. The Morgan fingerprint density at radius 3 is 1.56 bits per heavy atom. The van der Waals surface area contributed by atoms with Crippen LogP contribution in [-0.2, 0) is 29.1 Å². The molecule has 7 rings (SSSR count). The van der Waals surface area contributed by atoms with Crippen LogP contribution >= 0.6 is 10.7 Å². The second-order valence-electron chi connectivity index (χ2n) is 13.6. The second-order valence-corrected chi connectivity index (χ2v) is 19.8. The predicted molar refractivity (Wildman–Crippen MR) is 250 cm³/mol. The van der Waals surface area contributed by atoms with E-state index in [-0.39, 0.29) is 30.3 Å². The lowest BCUT2D eigenvalue weighted by Crippen LogP contribution is -2.52. The van der Waals surface area contributed by atoms with Crippen LogP contribution in [0.5, 0.6) is 17.2 Å². The number of aromatic nitrogens is 4. The van der Waals surface area contributed by atoms with E-state index in [1.54, 1.807) is 0 Å². The maximum Gasteiger partial charge on any atom is 0.363 e. The van der Waals surface area contributed by atoms with Gasteiger partial charge in [0.05, 0.1) is 54.6 Å². The van der Waals surface area contributed by atoms with Gasteiger partial charge in [-0.3, -0.25) is 15.8 Å². The highest BCUT2D eigenvalue weighted by molar-refractivity contribution is 8.13. The van der Waals surface area contributed by atoms with E-state index >= 15 is 0 Å². The molecule has 2 aliphatic heterocycles. The number of amidine groups is 2. The number of anilines is 2. The summed E-state index contributed by atoms with van der Waals surface area (Å²) in [5.41, 5.74) is 8.22. The molecule has 2 aromatic heterocycles. The van der Waals surface area contributed by atoms with Crippen LogP contribution in [0.3, 0.4) is 0 Å². The van der Waals surface area contributed by atoms with Gasteiger partial charge in [-0.25, -0.2) is 56.7 Å². The van der Waals surface area contributed by atoms with Crippen molar-refractivity contribution in [3.05, 3.63) is 142 Å².